The molecule has 0 saturated carbocycles. The Hall–Kier alpha value is -2.47. The van der Waals surface area contributed by atoms with Gasteiger partial charge in [0.1, 0.15) is 0 Å². The molecule has 6 heteroatoms. The molecule has 2 aromatic heterocycles. The van der Waals surface area contributed by atoms with Crippen LogP contribution in [0, 0.1) is 0 Å². The highest BCUT2D eigenvalue weighted by molar-refractivity contribution is 5.99. The second kappa shape index (κ2) is 5.92. The van der Waals surface area contributed by atoms with Gasteiger partial charge in [-0.05, 0) is 24.6 Å². The Labute approximate surface area is 111 Å². The molecule has 0 radical (unpaired) electrons. The Morgan fingerprint density at radius 2 is 2.05 bits per heavy atom. The van der Waals surface area contributed by atoms with E-state index in [1.54, 1.807) is 24.7 Å². The first kappa shape index (κ1) is 13.0. The molecule has 0 saturated heterocycles. The van der Waals surface area contributed by atoms with E-state index in [0.29, 0.717) is 11.3 Å². The molecule has 98 valence electrons. The van der Waals surface area contributed by atoms with Crippen LogP contribution >= 0.6 is 0 Å². The van der Waals surface area contributed by atoms with Crippen LogP contribution < -0.4 is 16.6 Å². The molecule has 2 heterocycles. The van der Waals surface area contributed by atoms with Gasteiger partial charge in [-0.1, -0.05) is 6.07 Å². The normalized spacial score (nSPS) is 11.7. The minimum absolute atomic E-state index is 0.139. The van der Waals surface area contributed by atoms with Crippen molar-refractivity contribution in [3.05, 3.63) is 54.1 Å². The number of hydrogen-bond donors (Lipinski definition) is 3. The molecule has 2 rings (SSSR count). The maximum absolute atomic E-state index is 12.2. The molecular weight excluding hydrogens is 242 g/mol. The quantitative estimate of drug-likeness (QED) is 0.566. The molecule has 1 atom stereocenters. The monoisotopic (exact) mass is 257 g/mol. The lowest BCUT2D eigenvalue weighted by molar-refractivity contribution is 0.0940. The Kier molecular flexibility index (Phi) is 4.04. The number of nitrogens with two attached hydrogens (primary N) is 1. The van der Waals surface area contributed by atoms with Gasteiger partial charge in [-0.15, -0.1) is 0 Å². The van der Waals surface area contributed by atoms with Crippen molar-refractivity contribution in [2.45, 2.75) is 13.0 Å². The summed E-state index contributed by atoms with van der Waals surface area (Å²) < 4.78 is 0. The summed E-state index contributed by atoms with van der Waals surface area (Å²) in [6.07, 6.45) is 6.46. The van der Waals surface area contributed by atoms with Crippen LogP contribution in [0.4, 0.5) is 5.69 Å². The van der Waals surface area contributed by atoms with Crippen molar-refractivity contribution in [3.63, 3.8) is 0 Å². The van der Waals surface area contributed by atoms with Crippen LogP contribution in [-0.4, -0.2) is 15.9 Å². The molecule has 0 aliphatic carbocycles. The first-order valence-electron chi connectivity index (χ1n) is 5.83. The molecule has 0 aliphatic heterocycles. The highest BCUT2D eigenvalue weighted by atomic mass is 16.1. The lowest BCUT2D eigenvalue weighted by Gasteiger charge is -2.15. The van der Waals surface area contributed by atoms with Gasteiger partial charge >= 0.3 is 0 Å². The van der Waals surface area contributed by atoms with Gasteiger partial charge in [0, 0.05) is 18.6 Å². The standard InChI is InChI=1S/C13H15N5O/c1-9(10-3-2-5-15-7-10)17-13(19)11-4-6-16-8-12(11)18-14/h2-9,18H,14H2,1H3,(H,17,19). The summed E-state index contributed by atoms with van der Waals surface area (Å²) in [4.78, 5) is 20.1. The van der Waals surface area contributed by atoms with Crippen LogP contribution in [0.15, 0.2) is 43.0 Å². The number of nitrogens with zero attached hydrogens (tertiary/aromatic N) is 2. The Balaban J connectivity index is 2.13. The van der Waals surface area contributed by atoms with Gasteiger partial charge in [-0.2, -0.15) is 0 Å². The number of carbonyl (C=O) groups excluding carboxylic acids is 1. The van der Waals surface area contributed by atoms with Gasteiger partial charge in [0.05, 0.1) is 23.5 Å². The van der Waals surface area contributed by atoms with Crippen molar-refractivity contribution in [1.29, 1.82) is 0 Å². The molecule has 0 aliphatic rings. The highest BCUT2D eigenvalue weighted by Crippen LogP contribution is 2.15. The van der Waals surface area contributed by atoms with Crippen LogP contribution in [-0.2, 0) is 0 Å². The third-order valence-corrected chi connectivity index (χ3v) is 2.75. The fraction of sp³-hybridized carbons (Fsp3) is 0.154. The minimum atomic E-state index is -0.216. The van der Waals surface area contributed by atoms with E-state index < -0.39 is 0 Å². The molecular formula is C13H15N5O. The number of hydrazine groups is 1. The fourth-order valence-electron chi connectivity index (χ4n) is 1.70. The van der Waals surface area contributed by atoms with E-state index in [1.807, 2.05) is 19.1 Å². The SMILES string of the molecule is CC(NC(=O)c1ccncc1NN)c1cccnc1. The second-order valence-corrected chi connectivity index (χ2v) is 4.05. The smallest absolute Gasteiger partial charge is 0.254 e. The molecule has 1 unspecified atom stereocenters. The number of aromatic nitrogens is 2. The van der Waals surface area contributed by atoms with Crippen molar-refractivity contribution >= 4 is 11.6 Å². The predicted octanol–water partition coefficient (Wildman–Crippen LogP) is 1.25. The molecule has 0 aromatic carbocycles. The van der Waals surface area contributed by atoms with Gasteiger partial charge in [0.25, 0.3) is 5.91 Å². The summed E-state index contributed by atoms with van der Waals surface area (Å²) in [5.41, 5.74) is 4.33. The number of anilines is 1. The fourth-order valence-corrected chi connectivity index (χ4v) is 1.70. The van der Waals surface area contributed by atoms with Crippen molar-refractivity contribution in [2.24, 2.45) is 5.84 Å². The minimum Gasteiger partial charge on any atom is -0.345 e. The molecule has 0 fully saturated rings. The van der Waals surface area contributed by atoms with Crippen LogP contribution in [0.5, 0.6) is 0 Å². The largest absolute Gasteiger partial charge is 0.345 e. The average Bonchev–Trinajstić information content (AvgIpc) is 2.48. The van der Waals surface area contributed by atoms with Gasteiger partial charge < -0.3 is 10.7 Å². The van der Waals surface area contributed by atoms with Crippen molar-refractivity contribution in [2.75, 3.05) is 5.43 Å². The van der Waals surface area contributed by atoms with Crippen LogP contribution in [0.2, 0.25) is 0 Å². The maximum atomic E-state index is 12.2. The summed E-state index contributed by atoms with van der Waals surface area (Å²) in [7, 11) is 0. The van der Waals surface area contributed by atoms with Crippen LogP contribution in [0.3, 0.4) is 0 Å². The third kappa shape index (κ3) is 3.05. The maximum Gasteiger partial charge on any atom is 0.254 e. The molecule has 1 amide bonds. The first-order valence-corrected chi connectivity index (χ1v) is 5.83. The summed E-state index contributed by atoms with van der Waals surface area (Å²) in [5.74, 6) is 5.13. The number of nitrogens with one attached hydrogen (secondary N) is 2. The van der Waals surface area contributed by atoms with Gasteiger partial charge in [-0.25, -0.2) is 0 Å². The summed E-state index contributed by atoms with van der Waals surface area (Å²) in [6.45, 7) is 1.89. The topological polar surface area (TPSA) is 92.9 Å². The zero-order chi connectivity index (χ0) is 13.7. The number of nitrogen functional groups attached to an aromatic ring is 1. The third-order valence-electron chi connectivity index (χ3n) is 2.75. The number of hydrogen-bond acceptors (Lipinski definition) is 5. The van der Waals surface area contributed by atoms with E-state index >= 15 is 0 Å². The van der Waals surface area contributed by atoms with Crippen LogP contribution in [0.1, 0.15) is 28.9 Å². The van der Waals surface area contributed by atoms with Crippen molar-refractivity contribution in [1.82, 2.24) is 15.3 Å². The predicted molar refractivity (Wildman–Crippen MR) is 72.2 cm³/mol. The molecule has 4 N–H and O–H groups in total. The van der Waals surface area contributed by atoms with E-state index in [1.165, 1.54) is 6.20 Å². The molecule has 19 heavy (non-hydrogen) atoms. The summed E-state index contributed by atoms with van der Waals surface area (Å²) >= 11 is 0. The van der Waals surface area contributed by atoms with E-state index in [-0.39, 0.29) is 11.9 Å². The Morgan fingerprint density at radius 1 is 1.26 bits per heavy atom. The van der Waals surface area contributed by atoms with Crippen molar-refractivity contribution < 1.29 is 4.79 Å². The molecule has 2 aromatic rings. The van der Waals surface area contributed by atoms with E-state index in [0.717, 1.165) is 5.56 Å². The molecule has 0 bridgehead atoms. The van der Waals surface area contributed by atoms with Gasteiger partial charge in [0.2, 0.25) is 0 Å². The number of amides is 1. The Bertz CT molecular complexity index is 558. The number of carbonyl (C=O) groups is 1. The zero-order valence-corrected chi connectivity index (χ0v) is 10.5. The zero-order valence-electron chi connectivity index (χ0n) is 10.5. The van der Waals surface area contributed by atoms with E-state index in [4.69, 9.17) is 5.84 Å². The highest BCUT2D eigenvalue weighted by Gasteiger charge is 2.14. The van der Waals surface area contributed by atoms with E-state index in [2.05, 4.69) is 20.7 Å². The summed E-state index contributed by atoms with van der Waals surface area (Å²) in [5, 5.41) is 2.88. The van der Waals surface area contributed by atoms with Gasteiger partial charge in [0.15, 0.2) is 0 Å². The average molecular weight is 257 g/mol. The van der Waals surface area contributed by atoms with E-state index in [9.17, 15) is 4.79 Å². The van der Waals surface area contributed by atoms with Crippen molar-refractivity contribution in [3.8, 4) is 0 Å². The lowest BCUT2D eigenvalue weighted by atomic mass is 10.1. The second-order valence-electron chi connectivity index (χ2n) is 4.05. The summed E-state index contributed by atoms with van der Waals surface area (Å²) in [6, 6.07) is 5.21. The van der Waals surface area contributed by atoms with Crippen LogP contribution in [0.25, 0.3) is 0 Å². The van der Waals surface area contributed by atoms with Gasteiger partial charge in [-0.3, -0.25) is 20.6 Å². The molecule has 6 nitrogen and oxygen atoms in total. The number of rotatable bonds is 4. The lowest BCUT2D eigenvalue weighted by Crippen LogP contribution is -2.28. The molecule has 0 spiro atoms. The first-order chi connectivity index (χ1) is 9.22. The number of pyridine rings is 2. The Morgan fingerprint density at radius 3 is 2.74 bits per heavy atom.